The van der Waals surface area contributed by atoms with Gasteiger partial charge in [0, 0.05) is 11.8 Å². The Morgan fingerprint density at radius 3 is 2.68 bits per heavy atom. The largest absolute Gasteiger partial charge is 0.480 e. The molecule has 2 aromatic rings. The Morgan fingerprint density at radius 2 is 2.04 bits per heavy atom. The van der Waals surface area contributed by atoms with E-state index in [4.69, 9.17) is 0 Å². The fourth-order valence-corrected chi connectivity index (χ4v) is 5.64. The number of benzene rings is 1. The maximum absolute atomic E-state index is 12.6. The highest BCUT2D eigenvalue weighted by molar-refractivity contribution is 8.01. The first-order valence-electron chi connectivity index (χ1n) is 8.06. The van der Waals surface area contributed by atoms with E-state index < -0.39 is 28.8 Å². The van der Waals surface area contributed by atoms with Crippen molar-refractivity contribution in [3.63, 3.8) is 0 Å². The molecule has 0 spiro atoms. The first-order valence-corrected chi connectivity index (χ1v) is 8.94. The third-order valence-corrected chi connectivity index (χ3v) is 6.74. The number of aliphatic carboxylic acids is 1. The molecule has 1 aromatic carbocycles. The van der Waals surface area contributed by atoms with Gasteiger partial charge < -0.3 is 19.7 Å². The van der Waals surface area contributed by atoms with Gasteiger partial charge in [-0.15, -0.1) is 11.8 Å². The lowest BCUT2D eigenvalue weighted by Crippen LogP contribution is -2.64. The predicted octanol–water partition coefficient (Wildman–Crippen LogP) is 1.37. The van der Waals surface area contributed by atoms with E-state index in [0.29, 0.717) is 5.82 Å². The van der Waals surface area contributed by atoms with Crippen molar-refractivity contribution in [3.8, 4) is 0 Å². The Hall–Kier alpha value is -2.06. The smallest absolute Gasteiger partial charge is 0.327 e. The summed E-state index contributed by atoms with van der Waals surface area (Å²) in [5.41, 5.74) is 1.63. The average Bonchev–Trinajstić information content (AvgIpc) is 3.00. The summed E-state index contributed by atoms with van der Waals surface area (Å²) in [6, 6.07) is 6.65. The number of carbonyl (C=O) groups is 2. The van der Waals surface area contributed by atoms with Crippen molar-refractivity contribution in [1.29, 1.82) is 0 Å². The molecule has 1 aromatic heterocycles. The molecule has 0 radical (unpaired) electrons. The number of aryl methyl sites for hydroxylation is 1. The number of thioether (sulfide) groups is 1. The molecule has 132 valence electrons. The first-order chi connectivity index (χ1) is 11.7. The maximum atomic E-state index is 12.6. The van der Waals surface area contributed by atoms with Crippen molar-refractivity contribution in [1.82, 2.24) is 14.5 Å². The van der Waals surface area contributed by atoms with E-state index in [2.05, 4.69) is 4.98 Å². The summed E-state index contributed by atoms with van der Waals surface area (Å²) in [5, 5.41) is 20.0. The number of para-hydroxylation sites is 2. The topological polar surface area (TPSA) is 95.7 Å². The van der Waals surface area contributed by atoms with Crippen LogP contribution in [0.4, 0.5) is 0 Å². The Morgan fingerprint density at radius 1 is 1.36 bits per heavy atom. The minimum Gasteiger partial charge on any atom is -0.480 e. The van der Waals surface area contributed by atoms with Crippen LogP contribution < -0.4 is 0 Å². The lowest BCUT2D eigenvalue weighted by atomic mass is 9.87. The van der Waals surface area contributed by atoms with E-state index in [0.717, 1.165) is 11.0 Å². The first kappa shape index (κ1) is 16.4. The number of amides is 1. The van der Waals surface area contributed by atoms with Crippen LogP contribution in [0.25, 0.3) is 11.0 Å². The van der Waals surface area contributed by atoms with E-state index in [-0.39, 0.29) is 11.3 Å². The van der Waals surface area contributed by atoms with Gasteiger partial charge in [-0.1, -0.05) is 12.1 Å². The molecule has 0 aliphatic carbocycles. The third kappa shape index (κ3) is 2.13. The molecule has 2 N–H and O–H groups in total. The SMILES string of the molecule is Cn1c([C@@H](O)[C@@H]2C(=O)N3[C@@H]2SC(C)(C)[C@@H]3C(=O)O)nc2ccccc21. The van der Waals surface area contributed by atoms with Gasteiger partial charge in [-0.25, -0.2) is 9.78 Å². The zero-order valence-electron chi connectivity index (χ0n) is 14.1. The lowest BCUT2D eigenvalue weighted by Gasteiger charge is -2.45. The summed E-state index contributed by atoms with van der Waals surface area (Å²) >= 11 is 1.43. The second kappa shape index (κ2) is 5.22. The number of nitrogens with zero attached hydrogens (tertiary/aromatic N) is 3. The van der Waals surface area contributed by atoms with Crippen LogP contribution >= 0.6 is 11.8 Å². The second-order valence-corrected chi connectivity index (χ2v) is 8.86. The van der Waals surface area contributed by atoms with Gasteiger partial charge in [0.1, 0.15) is 23.9 Å². The number of carboxylic acids is 1. The molecular weight excluding hydrogens is 342 g/mol. The molecule has 2 fully saturated rings. The molecule has 0 unspecified atom stereocenters. The minimum absolute atomic E-state index is 0.324. The van der Waals surface area contributed by atoms with Gasteiger partial charge in [-0.3, -0.25) is 4.79 Å². The summed E-state index contributed by atoms with van der Waals surface area (Å²) in [6.07, 6.45) is -1.07. The van der Waals surface area contributed by atoms with Crippen LogP contribution in [0.5, 0.6) is 0 Å². The molecule has 3 heterocycles. The number of aliphatic hydroxyl groups excluding tert-OH is 1. The Kier molecular flexibility index (Phi) is 3.42. The Labute approximate surface area is 148 Å². The zero-order valence-corrected chi connectivity index (χ0v) is 14.9. The molecule has 2 aliphatic heterocycles. The molecular formula is C17H19N3O4S. The number of hydrogen-bond donors (Lipinski definition) is 2. The number of imidazole rings is 1. The second-order valence-electron chi connectivity index (χ2n) is 7.09. The number of aromatic nitrogens is 2. The van der Waals surface area contributed by atoms with Gasteiger partial charge in [0.2, 0.25) is 5.91 Å². The van der Waals surface area contributed by atoms with Gasteiger partial charge in [0.15, 0.2) is 0 Å². The van der Waals surface area contributed by atoms with Crippen molar-refractivity contribution in [2.45, 2.75) is 36.1 Å². The standard InChI is InChI=1S/C17H19N3O4S/c1-17(2)12(16(23)24)20-14(22)10(15(20)25-17)11(21)13-18-8-6-4-5-7-9(8)19(13)3/h4-7,10-12,15,21H,1-3H3,(H,23,24)/t10-,11+,12+,15-/m1/s1. The number of hydrogen-bond acceptors (Lipinski definition) is 5. The van der Waals surface area contributed by atoms with Gasteiger partial charge in [0.25, 0.3) is 0 Å². The molecule has 7 nitrogen and oxygen atoms in total. The van der Waals surface area contributed by atoms with Crippen molar-refractivity contribution in [3.05, 3.63) is 30.1 Å². The van der Waals surface area contributed by atoms with Crippen LogP contribution in [0, 0.1) is 5.92 Å². The summed E-state index contributed by atoms with van der Waals surface area (Å²) in [7, 11) is 1.81. The molecule has 25 heavy (non-hydrogen) atoms. The fourth-order valence-electron chi connectivity index (χ4n) is 3.92. The summed E-state index contributed by atoms with van der Waals surface area (Å²) in [5.74, 6) is -1.58. The fraction of sp³-hybridized carbons (Fsp3) is 0.471. The average molecular weight is 361 g/mol. The number of carboxylic acid groups (broad SMARTS) is 1. The van der Waals surface area contributed by atoms with Crippen LogP contribution in [0.2, 0.25) is 0 Å². The normalized spacial score (nSPS) is 28.7. The van der Waals surface area contributed by atoms with E-state index in [1.54, 1.807) is 11.6 Å². The highest BCUT2D eigenvalue weighted by Gasteiger charge is 2.65. The maximum Gasteiger partial charge on any atom is 0.327 e. The molecule has 4 atom stereocenters. The summed E-state index contributed by atoms with van der Waals surface area (Å²) in [4.78, 5) is 30.1. The van der Waals surface area contributed by atoms with Crippen LogP contribution in [-0.4, -0.2) is 52.7 Å². The number of rotatable bonds is 3. The predicted molar refractivity (Wildman–Crippen MR) is 92.9 cm³/mol. The van der Waals surface area contributed by atoms with Crippen LogP contribution in [0.15, 0.2) is 24.3 Å². The molecule has 0 bridgehead atoms. The monoisotopic (exact) mass is 361 g/mol. The number of fused-ring (bicyclic) bond motifs is 2. The van der Waals surface area contributed by atoms with Crippen molar-refractivity contribution in [2.24, 2.45) is 13.0 Å². The Bertz CT molecular complexity index is 893. The van der Waals surface area contributed by atoms with Crippen LogP contribution in [-0.2, 0) is 16.6 Å². The van der Waals surface area contributed by atoms with E-state index in [9.17, 15) is 19.8 Å². The van der Waals surface area contributed by atoms with Gasteiger partial charge >= 0.3 is 5.97 Å². The highest BCUT2D eigenvalue weighted by atomic mass is 32.2. The lowest BCUT2D eigenvalue weighted by molar-refractivity contribution is -0.169. The van der Waals surface area contributed by atoms with Crippen LogP contribution in [0.3, 0.4) is 0 Å². The number of carbonyl (C=O) groups excluding carboxylic acids is 1. The minimum atomic E-state index is -1.07. The molecule has 8 heteroatoms. The van der Waals surface area contributed by atoms with Crippen molar-refractivity contribution in [2.75, 3.05) is 0 Å². The molecule has 1 amide bonds. The highest BCUT2D eigenvalue weighted by Crippen LogP contribution is 2.55. The number of β-lactam (4-membered cyclic amide) rings is 1. The third-order valence-electron chi connectivity index (χ3n) is 5.14. The van der Waals surface area contributed by atoms with Crippen LogP contribution in [0.1, 0.15) is 25.8 Å². The van der Waals surface area contributed by atoms with E-state index >= 15 is 0 Å². The van der Waals surface area contributed by atoms with Crippen molar-refractivity contribution >= 4 is 34.7 Å². The molecule has 0 saturated carbocycles. The van der Waals surface area contributed by atoms with Crippen molar-refractivity contribution < 1.29 is 19.8 Å². The quantitative estimate of drug-likeness (QED) is 0.802. The number of aliphatic hydroxyl groups is 1. The summed E-state index contributed by atoms with van der Waals surface area (Å²) < 4.78 is 1.18. The Balaban J connectivity index is 1.68. The van der Waals surface area contributed by atoms with Gasteiger partial charge in [0.05, 0.1) is 16.4 Å². The van der Waals surface area contributed by atoms with E-state index in [1.165, 1.54) is 16.7 Å². The zero-order chi connectivity index (χ0) is 18.1. The van der Waals surface area contributed by atoms with Gasteiger partial charge in [-0.2, -0.15) is 0 Å². The van der Waals surface area contributed by atoms with E-state index in [1.807, 2.05) is 38.1 Å². The molecule has 4 rings (SSSR count). The summed E-state index contributed by atoms with van der Waals surface area (Å²) in [6.45, 7) is 3.64. The molecule has 2 saturated heterocycles. The van der Waals surface area contributed by atoms with Gasteiger partial charge in [-0.05, 0) is 26.0 Å². The molecule has 2 aliphatic rings.